The Labute approximate surface area is 442 Å². The molecule has 0 heterocycles. The van der Waals surface area contributed by atoms with Gasteiger partial charge in [-0.3, -0.25) is 9.59 Å². The van der Waals surface area contributed by atoms with E-state index in [-0.39, 0.29) is 38.6 Å². The van der Waals surface area contributed by atoms with Crippen LogP contribution < -0.4 is 5.11 Å². The first-order valence-corrected chi connectivity index (χ1v) is 29.2. The Morgan fingerprint density at radius 1 is 0.431 bits per heavy atom. The fourth-order valence-electron chi connectivity index (χ4n) is 7.93. The third-order valence-corrected chi connectivity index (χ3v) is 12.4. The number of esters is 2. The Morgan fingerprint density at radius 2 is 0.792 bits per heavy atom. The zero-order valence-corrected chi connectivity index (χ0v) is 47.0. The van der Waals surface area contributed by atoms with Crippen molar-refractivity contribution in [1.29, 1.82) is 0 Å². The van der Waals surface area contributed by atoms with Crippen LogP contribution >= 0.6 is 0 Å². The summed E-state index contributed by atoms with van der Waals surface area (Å²) in [6.45, 7) is 4.56. The lowest BCUT2D eigenvalue weighted by molar-refractivity contribution is -0.870. The van der Waals surface area contributed by atoms with Gasteiger partial charge in [-0.2, -0.15) is 0 Å². The topological polar surface area (TPSA) is 111 Å². The highest BCUT2D eigenvalue weighted by molar-refractivity contribution is 5.70. The summed E-state index contributed by atoms with van der Waals surface area (Å²) in [4.78, 5) is 36.9. The van der Waals surface area contributed by atoms with E-state index in [0.29, 0.717) is 17.4 Å². The van der Waals surface area contributed by atoms with Crippen LogP contribution in [-0.2, 0) is 33.3 Å². The Kier molecular flexibility index (Phi) is 51.1. The van der Waals surface area contributed by atoms with Crippen LogP contribution in [0.15, 0.2) is 85.1 Å². The molecule has 0 amide bonds. The second-order valence-corrected chi connectivity index (χ2v) is 20.6. The maximum absolute atomic E-state index is 12.8. The molecule has 72 heavy (non-hydrogen) atoms. The second-order valence-electron chi connectivity index (χ2n) is 20.6. The smallest absolute Gasteiger partial charge is 0.306 e. The van der Waals surface area contributed by atoms with E-state index in [4.69, 9.17) is 18.9 Å². The fraction of sp³-hybridized carbons (Fsp3) is 0.730. The van der Waals surface area contributed by atoms with Gasteiger partial charge in [0.15, 0.2) is 12.4 Å². The van der Waals surface area contributed by atoms with E-state index >= 15 is 0 Å². The normalized spacial score (nSPS) is 13.4. The molecule has 0 bridgehead atoms. The number of hydrogen-bond acceptors (Lipinski definition) is 8. The van der Waals surface area contributed by atoms with Gasteiger partial charge in [-0.05, 0) is 70.6 Å². The standard InChI is InChI=1S/C63H109NO8/c1-6-8-10-12-14-15-16-17-18-19-20-21-22-23-24-25-26-27-28-29-30-31-32-33-34-35-36-37-38-39-40-41-42-43-44-45-46-47-48-50-52-54-61(66)72-59(57-70-60(65)53-51-49-13-11-9-7-2)58-71-63(62(67)68)69-56-55-64(3,4)5/h8,10,14-15,17-18,20-21,23-24,26-27,29-30,59,63H,6-7,9,11-13,16,19,22,25,28,31-58H2,1-5H3/b10-8-,15-14-,18-17-,21-20-,24-23-,27-26-,30-29-. The summed E-state index contributed by atoms with van der Waals surface area (Å²) in [5.41, 5.74) is 0. The van der Waals surface area contributed by atoms with Crippen molar-refractivity contribution in [3.63, 3.8) is 0 Å². The molecule has 0 radical (unpaired) electrons. The van der Waals surface area contributed by atoms with Crippen LogP contribution in [0.5, 0.6) is 0 Å². The molecule has 0 fully saturated rings. The van der Waals surface area contributed by atoms with Crippen molar-refractivity contribution in [3.8, 4) is 0 Å². The number of aliphatic carboxylic acids is 1. The van der Waals surface area contributed by atoms with Gasteiger partial charge in [0.25, 0.3) is 0 Å². The lowest BCUT2D eigenvalue weighted by Crippen LogP contribution is -2.44. The van der Waals surface area contributed by atoms with Crippen molar-refractivity contribution in [2.75, 3.05) is 47.5 Å². The van der Waals surface area contributed by atoms with Crippen LogP contribution in [0, 0.1) is 0 Å². The number of allylic oxidation sites excluding steroid dienone is 14. The van der Waals surface area contributed by atoms with Crippen molar-refractivity contribution in [1.82, 2.24) is 0 Å². The minimum atomic E-state index is -1.62. The Hall–Kier alpha value is -3.53. The van der Waals surface area contributed by atoms with Crippen LogP contribution in [-0.4, -0.2) is 82.3 Å². The van der Waals surface area contributed by atoms with Gasteiger partial charge in [0.2, 0.25) is 0 Å². The molecular formula is C63H109NO8. The predicted molar refractivity (Wildman–Crippen MR) is 301 cm³/mol. The number of carboxylic acids is 1. The van der Waals surface area contributed by atoms with E-state index in [2.05, 4.69) is 98.9 Å². The largest absolute Gasteiger partial charge is 0.545 e. The molecule has 0 aromatic rings. The second kappa shape index (κ2) is 53.8. The molecule has 2 unspecified atom stereocenters. The highest BCUT2D eigenvalue weighted by Crippen LogP contribution is 2.16. The van der Waals surface area contributed by atoms with Crippen LogP contribution in [0.4, 0.5) is 0 Å². The van der Waals surface area contributed by atoms with E-state index in [1.165, 1.54) is 122 Å². The lowest BCUT2D eigenvalue weighted by Gasteiger charge is -2.26. The molecule has 9 nitrogen and oxygen atoms in total. The van der Waals surface area contributed by atoms with Crippen molar-refractivity contribution < 1.29 is 42.9 Å². The summed E-state index contributed by atoms with van der Waals surface area (Å²) < 4.78 is 22.5. The van der Waals surface area contributed by atoms with Gasteiger partial charge in [-0.25, -0.2) is 0 Å². The van der Waals surface area contributed by atoms with Gasteiger partial charge < -0.3 is 33.3 Å². The number of likely N-dealkylation sites (N-methyl/N-ethyl adjacent to an activating group) is 1. The monoisotopic (exact) mass is 1010 g/mol. The number of hydrogen-bond donors (Lipinski definition) is 0. The van der Waals surface area contributed by atoms with E-state index in [9.17, 15) is 19.5 Å². The van der Waals surface area contributed by atoms with Crippen molar-refractivity contribution in [3.05, 3.63) is 85.1 Å². The zero-order chi connectivity index (χ0) is 52.7. The molecule has 0 aliphatic rings. The number of ether oxygens (including phenoxy) is 4. The molecule has 0 rings (SSSR count). The quantitative estimate of drug-likeness (QED) is 0.0195. The summed E-state index contributed by atoms with van der Waals surface area (Å²) in [7, 11) is 5.91. The maximum atomic E-state index is 12.8. The van der Waals surface area contributed by atoms with Gasteiger partial charge >= 0.3 is 11.9 Å². The number of quaternary nitrogens is 1. The lowest BCUT2D eigenvalue weighted by atomic mass is 10.0. The van der Waals surface area contributed by atoms with Gasteiger partial charge in [-0.1, -0.05) is 240 Å². The molecule has 0 saturated heterocycles. The summed E-state index contributed by atoms with van der Waals surface area (Å²) in [5, 5.41) is 11.7. The average molecular weight is 1010 g/mol. The predicted octanol–water partition coefficient (Wildman–Crippen LogP) is 15.8. The molecule has 0 aliphatic heterocycles. The average Bonchev–Trinajstić information content (AvgIpc) is 3.35. The Balaban J connectivity index is 3.86. The third kappa shape index (κ3) is 54.2. The number of carbonyl (C=O) groups is 3. The van der Waals surface area contributed by atoms with E-state index < -0.39 is 24.3 Å². The molecular weight excluding hydrogens is 899 g/mol. The van der Waals surface area contributed by atoms with E-state index in [1.807, 2.05) is 21.1 Å². The molecule has 2 atom stereocenters. The summed E-state index contributed by atoms with van der Waals surface area (Å²) >= 11 is 0. The van der Waals surface area contributed by atoms with Crippen LogP contribution in [0.25, 0.3) is 0 Å². The molecule has 0 aromatic heterocycles. The first kappa shape index (κ1) is 68.5. The SMILES string of the molecule is CC/C=C\C/C=C\C/C=C\C/C=C\C/C=C\C/C=C\C/C=C\CCCCCCCCCCCCCCCCCCCCCC(=O)OC(COC(=O)CCCCCCCC)COC(OCC[N+](C)(C)C)C(=O)[O-]. The van der Waals surface area contributed by atoms with Gasteiger partial charge in [0.1, 0.15) is 13.2 Å². The highest BCUT2D eigenvalue weighted by Gasteiger charge is 2.22. The van der Waals surface area contributed by atoms with Gasteiger partial charge in [0, 0.05) is 12.8 Å². The highest BCUT2D eigenvalue weighted by atomic mass is 16.7. The summed E-state index contributed by atoms with van der Waals surface area (Å²) in [6.07, 6.45) is 68.5. The van der Waals surface area contributed by atoms with E-state index in [0.717, 1.165) is 83.5 Å². The summed E-state index contributed by atoms with van der Waals surface area (Å²) in [6, 6.07) is 0. The number of unbranched alkanes of at least 4 members (excludes halogenated alkanes) is 24. The summed E-state index contributed by atoms with van der Waals surface area (Å²) in [5.74, 6) is -2.29. The number of carboxylic acid groups (broad SMARTS) is 1. The molecule has 0 aromatic carbocycles. The van der Waals surface area contributed by atoms with Crippen LogP contribution in [0.1, 0.15) is 239 Å². The minimum Gasteiger partial charge on any atom is -0.545 e. The number of nitrogens with zero attached hydrogens (tertiary/aromatic N) is 1. The number of carbonyl (C=O) groups excluding carboxylic acids is 3. The maximum Gasteiger partial charge on any atom is 0.306 e. The van der Waals surface area contributed by atoms with Crippen molar-refractivity contribution in [2.24, 2.45) is 0 Å². The van der Waals surface area contributed by atoms with Crippen LogP contribution in [0.3, 0.4) is 0 Å². The molecule has 0 spiro atoms. The Morgan fingerprint density at radius 3 is 1.18 bits per heavy atom. The van der Waals surface area contributed by atoms with Crippen molar-refractivity contribution in [2.45, 2.75) is 251 Å². The van der Waals surface area contributed by atoms with Crippen molar-refractivity contribution >= 4 is 17.9 Å². The molecule has 9 heteroatoms. The zero-order valence-electron chi connectivity index (χ0n) is 47.0. The third-order valence-electron chi connectivity index (χ3n) is 12.4. The molecule has 0 N–H and O–H groups in total. The fourth-order valence-corrected chi connectivity index (χ4v) is 7.93. The molecule has 0 aliphatic carbocycles. The van der Waals surface area contributed by atoms with Gasteiger partial charge in [0.05, 0.1) is 40.3 Å². The number of rotatable bonds is 53. The van der Waals surface area contributed by atoms with Crippen LogP contribution in [0.2, 0.25) is 0 Å². The van der Waals surface area contributed by atoms with E-state index in [1.54, 1.807) is 0 Å². The molecule has 414 valence electrons. The Bertz CT molecular complexity index is 1450. The molecule has 0 saturated carbocycles. The van der Waals surface area contributed by atoms with Gasteiger partial charge in [-0.15, -0.1) is 0 Å². The first-order valence-electron chi connectivity index (χ1n) is 29.2. The first-order chi connectivity index (χ1) is 35.1. The minimum absolute atomic E-state index is 0.148.